The summed E-state index contributed by atoms with van der Waals surface area (Å²) < 4.78 is 21.5. The lowest BCUT2D eigenvalue weighted by Crippen LogP contribution is -2.37. The van der Waals surface area contributed by atoms with Gasteiger partial charge in [-0.15, -0.1) is 0 Å². The van der Waals surface area contributed by atoms with Crippen LogP contribution in [-0.2, 0) is 20.1 Å². The standard InChI is InChI=1S/C19H23FN4O/c1-23-7-6-22-19(23)12-24-11-15(20)8-16(24)10-21-9-14-13-25-18-5-3-2-4-17(14)18/h2-7,13,15-16,21H,8-12H2,1H3/t15-,16-/m0/s1. The molecule has 1 aliphatic rings. The smallest absolute Gasteiger partial charge is 0.134 e. The molecule has 0 spiro atoms. The highest BCUT2D eigenvalue weighted by Crippen LogP contribution is 2.23. The third-order valence-electron chi connectivity index (χ3n) is 5.00. The number of hydrogen-bond acceptors (Lipinski definition) is 4. The number of hydrogen-bond donors (Lipinski definition) is 1. The second-order valence-electron chi connectivity index (χ2n) is 6.76. The van der Waals surface area contributed by atoms with Gasteiger partial charge in [0, 0.05) is 56.1 Å². The molecule has 0 saturated carbocycles. The van der Waals surface area contributed by atoms with Crippen LogP contribution < -0.4 is 5.32 Å². The topological polar surface area (TPSA) is 46.2 Å². The molecule has 5 nitrogen and oxygen atoms in total. The lowest BCUT2D eigenvalue weighted by atomic mass is 10.1. The fraction of sp³-hybridized carbons (Fsp3) is 0.421. The molecule has 0 aliphatic carbocycles. The minimum absolute atomic E-state index is 0.185. The zero-order chi connectivity index (χ0) is 17.2. The molecule has 2 atom stereocenters. The quantitative estimate of drug-likeness (QED) is 0.748. The van der Waals surface area contributed by atoms with Gasteiger partial charge >= 0.3 is 0 Å². The number of nitrogens with one attached hydrogen (secondary N) is 1. The van der Waals surface area contributed by atoms with E-state index >= 15 is 0 Å². The molecule has 2 aromatic heterocycles. The zero-order valence-corrected chi connectivity index (χ0v) is 14.4. The number of aryl methyl sites for hydroxylation is 1. The number of imidazole rings is 1. The van der Waals surface area contributed by atoms with Crippen molar-refractivity contribution in [2.45, 2.75) is 31.7 Å². The van der Waals surface area contributed by atoms with Crippen LogP contribution in [0.5, 0.6) is 0 Å². The average Bonchev–Trinajstić information content (AvgIpc) is 3.29. The van der Waals surface area contributed by atoms with Crippen LogP contribution in [0.1, 0.15) is 17.8 Å². The first-order valence-electron chi connectivity index (χ1n) is 8.71. The summed E-state index contributed by atoms with van der Waals surface area (Å²) in [7, 11) is 1.97. The highest BCUT2D eigenvalue weighted by atomic mass is 19.1. The van der Waals surface area contributed by atoms with Crippen LogP contribution in [-0.4, -0.2) is 39.8 Å². The molecule has 1 fully saturated rings. The van der Waals surface area contributed by atoms with Crippen molar-refractivity contribution in [3.05, 3.63) is 54.3 Å². The van der Waals surface area contributed by atoms with Gasteiger partial charge in [-0.1, -0.05) is 18.2 Å². The lowest BCUT2D eigenvalue weighted by Gasteiger charge is -2.24. The molecule has 0 unspecified atom stereocenters. The SMILES string of the molecule is Cn1ccnc1CN1C[C@@H](F)C[C@H]1CNCc1coc2ccccc12. The van der Waals surface area contributed by atoms with Gasteiger partial charge in [0.25, 0.3) is 0 Å². The first-order chi connectivity index (χ1) is 12.2. The zero-order valence-electron chi connectivity index (χ0n) is 14.4. The van der Waals surface area contributed by atoms with E-state index in [9.17, 15) is 4.39 Å². The number of fused-ring (bicyclic) bond motifs is 1. The second kappa shape index (κ2) is 6.98. The van der Waals surface area contributed by atoms with Crippen LogP contribution in [0.4, 0.5) is 4.39 Å². The van der Waals surface area contributed by atoms with E-state index in [0.29, 0.717) is 19.5 Å². The molecule has 0 bridgehead atoms. The van der Waals surface area contributed by atoms with E-state index in [1.165, 1.54) is 0 Å². The molecule has 3 heterocycles. The molecule has 1 N–H and O–H groups in total. The van der Waals surface area contributed by atoms with E-state index in [-0.39, 0.29) is 6.04 Å². The number of furan rings is 1. The number of benzene rings is 1. The van der Waals surface area contributed by atoms with Crippen LogP contribution in [0.3, 0.4) is 0 Å². The first-order valence-corrected chi connectivity index (χ1v) is 8.71. The van der Waals surface area contributed by atoms with Crippen molar-refractivity contribution in [3.8, 4) is 0 Å². The fourth-order valence-corrected chi connectivity index (χ4v) is 3.60. The normalized spacial score (nSPS) is 21.4. The summed E-state index contributed by atoms with van der Waals surface area (Å²) in [6.45, 7) is 2.64. The van der Waals surface area contributed by atoms with Crippen molar-refractivity contribution >= 4 is 11.0 Å². The first kappa shape index (κ1) is 16.3. The largest absolute Gasteiger partial charge is 0.464 e. The summed E-state index contributed by atoms with van der Waals surface area (Å²) in [6.07, 6.45) is 5.33. The van der Waals surface area contributed by atoms with Gasteiger partial charge in [0.05, 0.1) is 12.8 Å². The lowest BCUT2D eigenvalue weighted by molar-refractivity contribution is 0.223. The second-order valence-corrected chi connectivity index (χ2v) is 6.76. The predicted octanol–water partition coefficient (Wildman–Crippen LogP) is 2.87. The number of halogens is 1. The Bertz CT molecular complexity index is 843. The van der Waals surface area contributed by atoms with E-state index in [0.717, 1.165) is 35.4 Å². The Hall–Kier alpha value is -2.18. The molecule has 0 amide bonds. The number of nitrogens with zero attached hydrogens (tertiary/aromatic N) is 3. The summed E-state index contributed by atoms with van der Waals surface area (Å²) in [6, 6.07) is 8.21. The van der Waals surface area contributed by atoms with Crippen molar-refractivity contribution in [2.24, 2.45) is 7.05 Å². The molecular weight excluding hydrogens is 319 g/mol. The minimum Gasteiger partial charge on any atom is -0.464 e. The maximum atomic E-state index is 14.0. The molecule has 3 aromatic rings. The van der Waals surface area contributed by atoms with Crippen LogP contribution >= 0.6 is 0 Å². The maximum absolute atomic E-state index is 14.0. The van der Waals surface area contributed by atoms with Gasteiger partial charge in [-0.2, -0.15) is 0 Å². The Morgan fingerprint density at radius 3 is 3.08 bits per heavy atom. The van der Waals surface area contributed by atoms with Gasteiger partial charge in [0.15, 0.2) is 0 Å². The third kappa shape index (κ3) is 3.45. The van der Waals surface area contributed by atoms with E-state index in [4.69, 9.17) is 4.42 Å². The molecule has 6 heteroatoms. The minimum atomic E-state index is -0.762. The van der Waals surface area contributed by atoms with Gasteiger partial charge in [0.2, 0.25) is 0 Å². The van der Waals surface area contributed by atoms with E-state index in [2.05, 4.69) is 21.3 Å². The van der Waals surface area contributed by atoms with Crippen molar-refractivity contribution < 1.29 is 8.81 Å². The van der Waals surface area contributed by atoms with Crippen molar-refractivity contribution in [2.75, 3.05) is 13.1 Å². The van der Waals surface area contributed by atoms with Crippen LogP contribution in [0.15, 0.2) is 47.3 Å². The molecule has 1 saturated heterocycles. The molecule has 0 radical (unpaired) electrons. The van der Waals surface area contributed by atoms with Crippen molar-refractivity contribution in [1.29, 1.82) is 0 Å². The molecule has 25 heavy (non-hydrogen) atoms. The third-order valence-corrected chi connectivity index (χ3v) is 5.00. The van der Waals surface area contributed by atoms with Crippen molar-refractivity contribution in [1.82, 2.24) is 19.8 Å². The summed E-state index contributed by atoms with van der Waals surface area (Å²) in [5.74, 6) is 0.972. The van der Waals surface area contributed by atoms with E-state index in [1.54, 1.807) is 12.5 Å². The molecule has 132 valence electrons. The summed E-state index contributed by atoms with van der Waals surface area (Å²) >= 11 is 0. The van der Waals surface area contributed by atoms with Crippen LogP contribution in [0.25, 0.3) is 11.0 Å². The summed E-state index contributed by atoms with van der Waals surface area (Å²) in [4.78, 5) is 6.55. The average molecular weight is 342 g/mol. The van der Waals surface area contributed by atoms with Gasteiger partial charge in [-0.25, -0.2) is 9.37 Å². The number of rotatable bonds is 6. The Labute approximate surface area is 146 Å². The van der Waals surface area contributed by atoms with Gasteiger partial charge in [-0.05, 0) is 12.5 Å². The van der Waals surface area contributed by atoms with Crippen LogP contribution in [0, 0.1) is 0 Å². The fourth-order valence-electron chi connectivity index (χ4n) is 3.60. The molecule has 1 aromatic carbocycles. The number of alkyl halides is 1. The van der Waals surface area contributed by atoms with Gasteiger partial charge in [0.1, 0.15) is 17.6 Å². The number of aromatic nitrogens is 2. The highest BCUT2D eigenvalue weighted by molar-refractivity contribution is 5.80. The Morgan fingerprint density at radius 2 is 2.24 bits per heavy atom. The predicted molar refractivity (Wildman–Crippen MR) is 94.8 cm³/mol. The van der Waals surface area contributed by atoms with E-state index < -0.39 is 6.17 Å². The van der Waals surface area contributed by atoms with E-state index in [1.807, 2.05) is 36.0 Å². The summed E-state index contributed by atoms with van der Waals surface area (Å²) in [5.41, 5.74) is 2.04. The summed E-state index contributed by atoms with van der Waals surface area (Å²) in [5, 5.41) is 4.61. The monoisotopic (exact) mass is 342 g/mol. The molecular formula is C19H23FN4O. The molecule has 4 rings (SSSR count). The Morgan fingerprint density at radius 1 is 1.36 bits per heavy atom. The van der Waals surface area contributed by atoms with Gasteiger partial charge < -0.3 is 14.3 Å². The molecule has 1 aliphatic heterocycles. The number of para-hydroxylation sites is 1. The highest BCUT2D eigenvalue weighted by Gasteiger charge is 2.32. The van der Waals surface area contributed by atoms with Crippen molar-refractivity contribution in [3.63, 3.8) is 0 Å². The maximum Gasteiger partial charge on any atom is 0.134 e. The Kier molecular flexibility index (Phi) is 4.55. The van der Waals surface area contributed by atoms with Crippen LogP contribution in [0.2, 0.25) is 0 Å². The van der Waals surface area contributed by atoms with Gasteiger partial charge in [-0.3, -0.25) is 4.90 Å². The Balaban J connectivity index is 1.37. The number of likely N-dealkylation sites (tertiary alicyclic amines) is 1.